The Bertz CT molecular complexity index is 436. The van der Waals surface area contributed by atoms with Crippen LogP contribution < -0.4 is 0 Å². The molecular weight excluding hydrogens is 259 g/mol. The normalized spacial score (nSPS) is 17.9. The molecule has 1 aromatic heterocycles. The van der Waals surface area contributed by atoms with Gasteiger partial charge in [-0.2, -0.15) is 18.3 Å². The number of hydrogen-bond donors (Lipinski definition) is 0. The lowest BCUT2D eigenvalue weighted by Gasteiger charge is -2.26. The van der Waals surface area contributed by atoms with Crippen LogP contribution in [0.2, 0.25) is 0 Å². The van der Waals surface area contributed by atoms with E-state index < -0.39 is 11.9 Å². The molecule has 4 nitrogen and oxygen atoms in total. The van der Waals surface area contributed by atoms with E-state index in [-0.39, 0.29) is 5.56 Å². The van der Waals surface area contributed by atoms with Crippen LogP contribution in [0.1, 0.15) is 17.0 Å². The second-order valence-electron chi connectivity index (χ2n) is 4.73. The SMILES string of the molecule is Cc1c(C(F)(F)F)nn(CCN2CCOCC2)c1C. The molecule has 2 heterocycles. The zero-order valence-corrected chi connectivity index (χ0v) is 11.1. The van der Waals surface area contributed by atoms with E-state index in [9.17, 15) is 13.2 Å². The first kappa shape index (κ1) is 14.3. The molecule has 7 heteroatoms. The van der Waals surface area contributed by atoms with Gasteiger partial charge < -0.3 is 4.74 Å². The van der Waals surface area contributed by atoms with Crippen LogP contribution in [0.4, 0.5) is 13.2 Å². The van der Waals surface area contributed by atoms with Crippen molar-refractivity contribution in [1.82, 2.24) is 14.7 Å². The van der Waals surface area contributed by atoms with E-state index in [0.717, 1.165) is 13.1 Å². The summed E-state index contributed by atoms with van der Waals surface area (Å²) in [6.45, 7) is 7.34. The van der Waals surface area contributed by atoms with Crippen molar-refractivity contribution in [3.63, 3.8) is 0 Å². The molecule has 0 aromatic carbocycles. The highest BCUT2D eigenvalue weighted by Gasteiger charge is 2.37. The van der Waals surface area contributed by atoms with E-state index in [4.69, 9.17) is 4.74 Å². The van der Waals surface area contributed by atoms with Crippen molar-refractivity contribution in [1.29, 1.82) is 0 Å². The van der Waals surface area contributed by atoms with Crippen molar-refractivity contribution in [2.45, 2.75) is 26.6 Å². The summed E-state index contributed by atoms with van der Waals surface area (Å²) >= 11 is 0. The fourth-order valence-corrected chi connectivity index (χ4v) is 2.18. The van der Waals surface area contributed by atoms with E-state index in [0.29, 0.717) is 32.0 Å². The molecule has 19 heavy (non-hydrogen) atoms. The molecule has 1 aliphatic heterocycles. The predicted octanol–water partition coefficient (Wildman–Crippen LogP) is 1.85. The third kappa shape index (κ3) is 3.27. The zero-order chi connectivity index (χ0) is 14.0. The highest BCUT2D eigenvalue weighted by Crippen LogP contribution is 2.31. The Labute approximate surface area is 110 Å². The maximum Gasteiger partial charge on any atom is 0.435 e. The number of alkyl halides is 3. The molecule has 0 aliphatic carbocycles. The van der Waals surface area contributed by atoms with Crippen LogP contribution in [0.15, 0.2) is 0 Å². The number of ether oxygens (including phenoxy) is 1. The van der Waals surface area contributed by atoms with Crippen molar-refractivity contribution in [2.75, 3.05) is 32.8 Å². The Balaban J connectivity index is 2.04. The van der Waals surface area contributed by atoms with Crippen molar-refractivity contribution in [3.8, 4) is 0 Å². The minimum Gasteiger partial charge on any atom is -0.379 e. The number of nitrogens with zero attached hydrogens (tertiary/aromatic N) is 3. The Morgan fingerprint density at radius 2 is 1.79 bits per heavy atom. The fraction of sp³-hybridized carbons (Fsp3) is 0.750. The summed E-state index contributed by atoms with van der Waals surface area (Å²) in [6.07, 6.45) is -4.38. The lowest BCUT2D eigenvalue weighted by atomic mass is 10.2. The van der Waals surface area contributed by atoms with Crippen LogP contribution in [-0.4, -0.2) is 47.5 Å². The van der Waals surface area contributed by atoms with E-state index in [1.807, 2.05) is 0 Å². The molecule has 1 fully saturated rings. The zero-order valence-electron chi connectivity index (χ0n) is 11.1. The van der Waals surface area contributed by atoms with Crippen LogP contribution in [0.3, 0.4) is 0 Å². The summed E-state index contributed by atoms with van der Waals surface area (Å²) in [5, 5.41) is 3.70. The molecule has 0 amide bonds. The van der Waals surface area contributed by atoms with E-state index in [1.165, 1.54) is 11.6 Å². The minimum absolute atomic E-state index is 0.217. The Morgan fingerprint density at radius 1 is 1.16 bits per heavy atom. The van der Waals surface area contributed by atoms with E-state index in [1.54, 1.807) is 6.92 Å². The highest BCUT2D eigenvalue weighted by atomic mass is 19.4. The quantitative estimate of drug-likeness (QED) is 0.844. The molecule has 108 valence electrons. The molecule has 0 unspecified atom stereocenters. The summed E-state index contributed by atoms with van der Waals surface area (Å²) in [7, 11) is 0. The topological polar surface area (TPSA) is 30.3 Å². The number of hydrogen-bond acceptors (Lipinski definition) is 3. The molecule has 0 saturated carbocycles. The van der Waals surface area contributed by atoms with Crippen molar-refractivity contribution in [3.05, 3.63) is 17.0 Å². The first-order valence-corrected chi connectivity index (χ1v) is 6.31. The predicted molar refractivity (Wildman–Crippen MR) is 64.0 cm³/mol. The van der Waals surface area contributed by atoms with Crippen LogP contribution in [0, 0.1) is 13.8 Å². The first-order chi connectivity index (χ1) is 8.89. The number of aromatic nitrogens is 2. The average Bonchev–Trinajstić information content (AvgIpc) is 2.65. The molecular formula is C12H18F3N3O. The van der Waals surface area contributed by atoms with E-state index >= 15 is 0 Å². The summed E-state index contributed by atoms with van der Waals surface area (Å²) in [4.78, 5) is 2.17. The van der Waals surface area contributed by atoms with Crippen LogP contribution in [0.25, 0.3) is 0 Å². The summed E-state index contributed by atoms with van der Waals surface area (Å²) in [5.74, 6) is 0. The van der Waals surface area contributed by atoms with Gasteiger partial charge in [0.05, 0.1) is 19.8 Å². The monoisotopic (exact) mass is 277 g/mol. The van der Waals surface area contributed by atoms with E-state index in [2.05, 4.69) is 10.00 Å². The number of halogens is 3. The van der Waals surface area contributed by atoms with Crippen LogP contribution >= 0.6 is 0 Å². The van der Waals surface area contributed by atoms with Gasteiger partial charge in [-0.3, -0.25) is 9.58 Å². The average molecular weight is 277 g/mol. The second kappa shape index (κ2) is 5.50. The molecule has 1 aromatic rings. The molecule has 1 saturated heterocycles. The molecule has 0 radical (unpaired) electrons. The third-order valence-electron chi connectivity index (χ3n) is 3.51. The molecule has 0 N–H and O–H groups in total. The smallest absolute Gasteiger partial charge is 0.379 e. The lowest BCUT2D eigenvalue weighted by molar-refractivity contribution is -0.141. The third-order valence-corrected chi connectivity index (χ3v) is 3.51. The number of rotatable bonds is 3. The Morgan fingerprint density at radius 3 is 2.32 bits per heavy atom. The largest absolute Gasteiger partial charge is 0.435 e. The standard InChI is InChI=1S/C12H18F3N3O/c1-9-10(2)18(16-11(9)12(13,14)15)4-3-17-5-7-19-8-6-17/h3-8H2,1-2H3. The van der Waals surface area contributed by atoms with Gasteiger partial charge in [0.2, 0.25) is 0 Å². The number of morpholine rings is 1. The van der Waals surface area contributed by atoms with Crippen molar-refractivity contribution >= 4 is 0 Å². The summed E-state index contributed by atoms with van der Waals surface area (Å²) in [5.41, 5.74) is 0.0297. The van der Waals surface area contributed by atoms with Gasteiger partial charge in [0.15, 0.2) is 5.69 Å². The molecule has 1 aliphatic rings. The van der Waals surface area contributed by atoms with Gasteiger partial charge in [0, 0.05) is 30.9 Å². The first-order valence-electron chi connectivity index (χ1n) is 6.31. The highest BCUT2D eigenvalue weighted by molar-refractivity contribution is 5.25. The van der Waals surface area contributed by atoms with Gasteiger partial charge in [0.1, 0.15) is 0 Å². The lowest BCUT2D eigenvalue weighted by Crippen LogP contribution is -2.38. The van der Waals surface area contributed by atoms with Gasteiger partial charge in [-0.05, 0) is 13.8 Å². The van der Waals surface area contributed by atoms with Gasteiger partial charge in [-0.1, -0.05) is 0 Å². The second-order valence-corrected chi connectivity index (χ2v) is 4.73. The van der Waals surface area contributed by atoms with Crippen LogP contribution in [0.5, 0.6) is 0 Å². The van der Waals surface area contributed by atoms with Gasteiger partial charge in [0.25, 0.3) is 0 Å². The van der Waals surface area contributed by atoms with Crippen LogP contribution in [-0.2, 0) is 17.5 Å². The minimum atomic E-state index is -4.38. The Kier molecular flexibility index (Phi) is 4.15. The fourth-order valence-electron chi connectivity index (χ4n) is 2.18. The summed E-state index contributed by atoms with van der Waals surface area (Å²) < 4.78 is 44.9. The summed E-state index contributed by atoms with van der Waals surface area (Å²) in [6, 6.07) is 0. The molecule has 2 rings (SSSR count). The van der Waals surface area contributed by atoms with Gasteiger partial charge >= 0.3 is 6.18 Å². The molecule has 0 bridgehead atoms. The van der Waals surface area contributed by atoms with Gasteiger partial charge in [-0.25, -0.2) is 0 Å². The molecule has 0 spiro atoms. The van der Waals surface area contributed by atoms with Gasteiger partial charge in [-0.15, -0.1) is 0 Å². The molecule has 0 atom stereocenters. The Hall–Kier alpha value is -1.08. The van der Waals surface area contributed by atoms with Crippen molar-refractivity contribution in [2.24, 2.45) is 0 Å². The maximum atomic E-state index is 12.7. The maximum absolute atomic E-state index is 12.7. The van der Waals surface area contributed by atoms with Crippen molar-refractivity contribution < 1.29 is 17.9 Å².